The maximum Gasteiger partial charge on any atom is 0.313 e. The van der Waals surface area contributed by atoms with Crippen molar-refractivity contribution in [1.29, 1.82) is 0 Å². The van der Waals surface area contributed by atoms with Crippen LogP contribution in [-0.4, -0.2) is 18.3 Å². The average Bonchev–Trinajstić information content (AvgIpc) is 1.83. The van der Waals surface area contributed by atoms with Crippen LogP contribution < -0.4 is 0 Å². The summed E-state index contributed by atoms with van der Waals surface area (Å²) >= 11 is 0. The summed E-state index contributed by atoms with van der Waals surface area (Å²) in [5.41, 5.74) is 0. The summed E-state index contributed by atoms with van der Waals surface area (Å²) in [6.07, 6.45) is -6.93. The van der Waals surface area contributed by atoms with Crippen molar-refractivity contribution in [2.45, 2.75) is 44.5 Å². The monoisotopic (exact) mass is 208 g/mol. The van der Waals surface area contributed by atoms with Crippen molar-refractivity contribution in [1.82, 2.24) is 0 Å². The first-order valence-electron chi connectivity index (χ1n) is 3.75. The fourth-order valence-electron chi connectivity index (χ4n) is 0.876. The van der Waals surface area contributed by atoms with Gasteiger partial charge in [-0.2, -0.15) is 0 Å². The highest BCUT2D eigenvalue weighted by Gasteiger charge is 2.49. The molecule has 80 valence electrons. The van der Waals surface area contributed by atoms with E-state index in [0.29, 0.717) is 0 Å². The molecule has 0 radical (unpaired) electrons. The lowest BCUT2D eigenvalue weighted by molar-refractivity contribution is -0.180. The predicted molar refractivity (Wildman–Crippen MR) is 35.4 cm³/mol. The molecule has 0 bridgehead atoms. The van der Waals surface area contributed by atoms with Crippen molar-refractivity contribution >= 4 is 0 Å². The van der Waals surface area contributed by atoms with E-state index in [-0.39, 0.29) is 6.42 Å². The summed E-state index contributed by atoms with van der Waals surface area (Å²) in [5.74, 6) is -8.31. The zero-order valence-electron chi connectivity index (χ0n) is 6.97. The van der Waals surface area contributed by atoms with Crippen molar-refractivity contribution in [3.8, 4) is 0 Å². The Labute approximate surface area is 71.9 Å². The molecule has 0 aromatic heterocycles. The van der Waals surface area contributed by atoms with E-state index in [2.05, 4.69) is 0 Å². The quantitative estimate of drug-likeness (QED) is 0.604. The van der Waals surface area contributed by atoms with Gasteiger partial charge in [0.25, 0.3) is 5.92 Å². The van der Waals surface area contributed by atoms with E-state index in [4.69, 9.17) is 0 Å². The second kappa shape index (κ2) is 4.19. The fraction of sp³-hybridized carbons (Fsp3) is 1.00. The average molecular weight is 208 g/mol. The third kappa shape index (κ3) is 4.38. The van der Waals surface area contributed by atoms with Gasteiger partial charge in [0, 0.05) is 6.42 Å². The van der Waals surface area contributed by atoms with Gasteiger partial charge >= 0.3 is 12.3 Å². The maximum absolute atomic E-state index is 12.5. The zero-order chi connectivity index (χ0) is 10.7. The van der Waals surface area contributed by atoms with E-state index in [1.54, 1.807) is 0 Å². The summed E-state index contributed by atoms with van der Waals surface area (Å²) in [6, 6.07) is 0. The topological polar surface area (TPSA) is 0 Å². The molecular weight excluding hydrogens is 198 g/mol. The molecule has 0 aromatic carbocycles. The molecule has 0 unspecified atom stereocenters. The van der Waals surface area contributed by atoms with Crippen LogP contribution in [0.2, 0.25) is 0 Å². The largest absolute Gasteiger partial charge is 0.313 e. The predicted octanol–water partition coefficient (Wildman–Crippen LogP) is 3.71. The molecule has 0 atom stereocenters. The van der Waals surface area contributed by atoms with E-state index in [9.17, 15) is 26.3 Å². The number of alkyl halides is 6. The van der Waals surface area contributed by atoms with Crippen LogP contribution in [0.3, 0.4) is 0 Å². The molecule has 0 aliphatic rings. The molecule has 0 aliphatic heterocycles. The second-order valence-corrected chi connectivity index (χ2v) is 2.84. The highest BCUT2D eigenvalue weighted by Crippen LogP contribution is 2.37. The van der Waals surface area contributed by atoms with Crippen LogP contribution in [0.1, 0.15) is 26.2 Å². The van der Waals surface area contributed by atoms with Crippen molar-refractivity contribution in [2.75, 3.05) is 0 Å². The molecule has 0 nitrogen and oxygen atoms in total. The van der Waals surface area contributed by atoms with E-state index >= 15 is 0 Å². The first-order chi connectivity index (χ1) is 5.71. The lowest BCUT2D eigenvalue weighted by Gasteiger charge is -2.21. The molecule has 13 heavy (non-hydrogen) atoms. The normalized spacial score (nSPS) is 13.8. The molecule has 0 spiro atoms. The first kappa shape index (κ1) is 12.6. The van der Waals surface area contributed by atoms with E-state index in [1.807, 2.05) is 0 Å². The Morgan fingerprint density at radius 2 is 1.54 bits per heavy atom. The highest BCUT2D eigenvalue weighted by molar-refractivity contribution is 4.78. The minimum atomic E-state index is -4.60. The molecule has 0 fully saturated rings. The van der Waals surface area contributed by atoms with Crippen LogP contribution in [0, 0.1) is 0 Å². The van der Waals surface area contributed by atoms with Gasteiger partial charge in [0.15, 0.2) is 0 Å². The van der Waals surface area contributed by atoms with Crippen LogP contribution in [0.15, 0.2) is 0 Å². The summed E-state index contributed by atoms with van der Waals surface area (Å²) in [5, 5.41) is 0. The summed E-state index contributed by atoms with van der Waals surface area (Å²) < 4.78 is 72.2. The Kier molecular flexibility index (Phi) is 4.06. The molecule has 0 N–H and O–H groups in total. The smallest absolute Gasteiger partial charge is 0.207 e. The van der Waals surface area contributed by atoms with Crippen LogP contribution in [0.5, 0.6) is 0 Å². The Bertz CT molecular complexity index is 153. The van der Waals surface area contributed by atoms with Gasteiger partial charge < -0.3 is 0 Å². The van der Waals surface area contributed by atoms with Gasteiger partial charge in [-0.05, 0) is 0 Å². The molecule has 6 heteroatoms. The molecular formula is C7H10F6. The van der Waals surface area contributed by atoms with E-state index in [1.165, 1.54) is 6.92 Å². The SMILES string of the molecule is CCCC(F)(F)CC(F)(F)C(F)F. The van der Waals surface area contributed by atoms with Crippen LogP contribution in [0.25, 0.3) is 0 Å². The summed E-state index contributed by atoms with van der Waals surface area (Å²) in [7, 11) is 0. The number of halogens is 6. The van der Waals surface area contributed by atoms with Gasteiger partial charge in [-0.1, -0.05) is 13.3 Å². The Hall–Kier alpha value is -0.420. The number of hydrogen-bond donors (Lipinski definition) is 0. The second-order valence-electron chi connectivity index (χ2n) is 2.84. The number of hydrogen-bond acceptors (Lipinski definition) is 0. The van der Waals surface area contributed by atoms with E-state index in [0.717, 1.165) is 0 Å². The van der Waals surface area contributed by atoms with Crippen LogP contribution in [0.4, 0.5) is 26.3 Å². The first-order valence-corrected chi connectivity index (χ1v) is 3.75. The van der Waals surface area contributed by atoms with Crippen LogP contribution >= 0.6 is 0 Å². The van der Waals surface area contributed by atoms with Crippen LogP contribution in [-0.2, 0) is 0 Å². The van der Waals surface area contributed by atoms with Gasteiger partial charge in [-0.3, -0.25) is 0 Å². The van der Waals surface area contributed by atoms with Crippen molar-refractivity contribution in [3.05, 3.63) is 0 Å². The molecule has 0 aromatic rings. The molecule has 0 saturated heterocycles. The third-order valence-corrected chi connectivity index (χ3v) is 1.43. The molecule has 0 rings (SSSR count). The highest BCUT2D eigenvalue weighted by atomic mass is 19.3. The Balaban J connectivity index is 4.24. The molecule has 0 aliphatic carbocycles. The minimum absolute atomic E-state index is 0.0215. The molecule has 0 saturated carbocycles. The summed E-state index contributed by atoms with van der Waals surface area (Å²) in [4.78, 5) is 0. The lowest BCUT2D eigenvalue weighted by atomic mass is 10.1. The van der Waals surface area contributed by atoms with Gasteiger partial charge in [-0.25, -0.2) is 26.3 Å². The number of rotatable bonds is 5. The van der Waals surface area contributed by atoms with Crippen molar-refractivity contribution < 1.29 is 26.3 Å². The lowest BCUT2D eigenvalue weighted by Crippen LogP contribution is -2.34. The fourth-order valence-corrected chi connectivity index (χ4v) is 0.876. The van der Waals surface area contributed by atoms with Crippen molar-refractivity contribution in [3.63, 3.8) is 0 Å². The third-order valence-electron chi connectivity index (χ3n) is 1.43. The molecule has 0 heterocycles. The molecule has 0 amide bonds. The van der Waals surface area contributed by atoms with Gasteiger partial charge in [0.05, 0.1) is 6.42 Å². The minimum Gasteiger partial charge on any atom is -0.207 e. The Morgan fingerprint density at radius 1 is 1.08 bits per heavy atom. The maximum atomic E-state index is 12.5. The van der Waals surface area contributed by atoms with Gasteiger partial charge in [-0.15, -0.1) is 0 Å². The van der Waals surface area contributed by atoms with Gasteiger partial charge in [0.1, 0.15) is 0 Å². The van der Waals surface area contributed by atoms with Gasteiger partial charge in [0.2, 0.25) is 0 Å². The van der Waals surface area contributed by atoms with Crippen molar-refractivity contribution in [2.24, 2.45) is 0 Å². The Morgan fingerprint density at radius 3 is 1.85 bits per heavy atom. The standard InChI is InChI=1S/C7H10F6/c1-2-3-6(10,11)4-7(12,13)5(8)9/h5H,2-4H2,1H3. The zero-order valence-corrected chi connectivity index (χ0v) is 6.97. The summed E-state index contributed by atoms with van der Waals surface area (Å²) in [6.45, 7) is 1.37. The van der Waals surface area contributed by atoms with E-state index < -0.39 is 31.1 Å².